The average molecular weight is 243 g/mol. The monoisotopic (exact) mass is 242 g/mol. The molecule has 0 radical (unpaired) electrons. The predicted molar refractivity (Wildman–Crippen MR) is 64.0 cm³/mol. The summed E-state index contributed by atoms with van der Waals surface area (Å²) in [4.78, 5) is 27.0. The number of pyridine rings is 1. The molecule has 0 saturated carbocycles. The lowest BCUT2D eigenvalue weighted by Gasteiger charge is -2.20. The number of carbonyl (C=O) groups is 1. The van der Waals surface area contributed by atoms with Gasteiger partial charge in [-0.3, -0.25) is 9.59 Å². The van der Waals surface area contributed by atoms with Crippen LogP contribution < -0.4 is 5.56 Å². The van der Waals surface area contributed by atoms with Gasteiger partial charge in [-0.25, -0.2) is 0 Å². The van der Waals surface area contributed by atoms with E-state index in [1.165, 1.54) is 18.3 Å². The van der Waals surface area contributed by atoms with Crippen molar-refractivity contribution >= 4 is 17.5 Å². The zero-order chi connectivity index (χ0) is 12.0. The maximum atomic E-state index is 12.0. The highest BCUT2D eigenvalue weighted by Crippen LogP contribution is 2.03. The molecule has 1 N–H and O–H groups in total. The molecule has 0 spiro atoms. The fourth-order valence-electron chi connectivity index (χ4n) is 1.41. The van der Waals surface area contributed by atoms with Crippen LogP contribution in [-0.2, 0) is 0 Å². The first-order valence-corrected chi connectivity index (χ1v) is 5.76. The van der Waals surface area contributed by atoms with Crippen LogP contribution in [0.4, 0.5) is 0 Å². The number of nitrogens with one attached hydrogen (secondary N) is 1. The smallest absolute Gasteiger partial charge is 0.255 e. The largest absolute Gasteiger partial charge is 0.337 e. The van der Waals surface area contributed by atoms with Crippen LogP contribution in [0.25, 0.3) is 0 Å². The van der Waals surface area contributed by atoms with Crippen LogP contribution in [-0.4, -0.2) is 34.8 Å². The first kappa shape index (κ1) is 12.8. The average Bonchev–Trinajstić information content (AvgIpc) is 2.29. The maximum Gasteiger partial charge on any atom is 0.255 e. The van der Waals surface area contributed by atoms with Gasteiger partial charge in [-0.2, -0.15) is 0 Å². The molecule has 0 unspecified atom stereocenters. The highest BCUT2D eigenvalue weighted by molar-refractivity contribution is 6.18. The second-order valence-electron chi connectivity index (χ2n) is 3.42. The number of hydrogen-bond acceptors (Lipinski definition) is 2. The Morgan fingerprint density at radius 1 is 1.44 bits per heavy atom. The molecule has 0 bridgehead atoms. The van der Waals surface area contributed by atoms with Gasteiger partial charge in [-0.15, -0.1) is 11.6 Å². The summed E-state index contributed by atoms with van der Waals surface area (Å²) in [5.41, 5.74) is 0.272. The molecule has 0 saturated heterocycles. The van der Waals surface area contributed by atoms with Crippen LogP contribution in [0.15, 0.2) is 23.1 Å². The summed E-state index contributed by atoms with van der Waals surface area (Å²) < 4.78 is 0. The first-order valence-electron chi connectivity index (χ1n) is 5.23. The Hall–Kier alpha value is -1.29. The molecule has 1 aromatic heterocycles. The maximum absolute atomic E-state index is 12.0. The molecule has 1 rings (SSSR count). The van der Waals surface area contributed by atoms with E-state index in [4.69, 9.17) is 11.6 Å². The summed E-state index contributed by atoms with van der Waals surface area (Å²) in [6.45, 7) is 3.19. The normalized spacial score (nSPS) is 10.1. The number of nitrogens with zero attached hydrogens (tertiary/aromatic N) is 1. The van der Waals surface area contributed by atoms with Crippen molar-refractivity contribution in [1.29, 1.82) is 0 Å². The minimum atomic E-state index is -0.212. The van der Waals surface area contributed by atoms with Gasteiger partial charge in [0, 0.05) is 31.2 Å². The Balaban J connectivity index is 2.81. The standard InChI is InChI=1S/C11H15ClN2O2/c1-2-6-14(7-5-12)11(16)9-3-4-10(15)13-8-9/h3-4,8H,2,5-7H2,1H3,(H,13,15). The van der Waals surface area contributed by atoms with E-state index in [0.717, 1.165) is 6.42 Å². The van der Waals surface area contributed by atoms with Gasteiger partial charge >= 0.3 is 0 Å². The number of amides is 1. The van der Waals surface area contributed by atoms with E-state index in [0.29, 0.717) is 24.5 Å². The summed E-state index contributed by atoms with van der Waals surface area (Å²) in [5, 5.41) is 0. The second-order valence-corrected chi connectivity index (χ2v) is 3.80. The third kappa shape index (κ3) is 3.38. The van der Waals surface area contributed by atoms with E-state index in [1.807, 2.05) is 6.92 Å². The van der Waals surface area contributed by atoms with Crippen molar-refractivity contribution in [3.05, 3.63) is 34.2 Å². The molecule has 5 heteroatoms. The van der Waals surface area contributed by atoms with Crippen LogP contribution in [0.1, 0.15) is 23.7 Å². The molecule has 1 aromatic rings. The summed E-state index contributed by atoms with van der Waals surface area (Å²) in [7, 11) is 0. The zero-order valence-corrected chi connectivity index (χ0v) is 9.96. The number of hydrogen-bond donors (Lipinski definition) is 1. The molecule has 0 aromatic carbocycles. The van der Waals surface area contributed by atoms with Crippen molar-refractivity contribution in [2.45, 2.75) is 13.3 Å². The molecule has 1 amide bonds. The Morgan fingerprint density at radius 2 is 2.19 bits per heavy atom. The molecule has 4 nitrogen and oxygen atoms in total. The van der Waals surface area contributed by atoms with Gasteiger partial charge in [-0.05, 0) is 12.5 Å². The summed E-state index contributed by atoms with van der Waals surface area (Å²) in [6, 6.07) is 2.87. The summed E-state index contributed by atoms with van der Waals surface area (Å²) >= 11 is 5.64. The Morgan fingerprint density at radius 3 is 2.69 bits per heavy atom. The van der Waals surface area contributed by atoms with Crippen LogP contribution in [0.2, 0.25) is 0 Å². The van der Waals surface area contributed by atoms with Crippen molar-refractivity contribution < 1.29 is 4.79 Å². The van der Waals surface area contributed by atoms with Gasteiger partial charge in [0.1, 0.15) is 0 Å². The Labute approximate surface area is 99.2 Å². The van der Waals surface area contributed by atoms with E-state index < -0.39 is 0 Å². The number of carbonyl (C=O) groups excluding carboxylic acids is 1. The number of rotatable bonds is 5. The van der Waals surface area contributed by atoms with E-state index in [1.54, 1.807) is 4.90 Å². The topological polar surface area (TPSA) is 53.2 Å². The van der Waals surface area contributed by atoms with E-state index >= 15 is 0 Å². The molecule has 1 heterocycles. The minimum absolute atomic E-state index is 0.0984. The molecule has 88 valence electrons. The van der Waals surface area contributed by atoms with E-state index in [-0.39, 0.29) is 11.5 Å². The van der Waals surface area contributed by atoms with Crippen LogP contribution in [0.5, 0.6) is 0 Å². The van der Waals surface area contributed by atoms with Crippen molar-refractivity contribution in [1.82, 2.24) is 9.88 Å². The zero-order valence-electron chi connectivity index (χ0n) is 9.20. The van der Waals surface area contributed by atoms with Crippen molar-refractivity contribution in [3.8, 4) is 0 Å². The SMILES string of the molecule is CCCN(CCCl)C(=O)c1ccc(=O)[nH]c1. The van der Waals surface area contributed by atoms with Crippen molar-refractivity contribution in [2.75, 3.05) is 19.0 Å². The van der Waals surface area contributed by atoms with Gasteiger partial charge < -0.3 is 9.88 Å². The fraction of sp³-hybridized carbons (Fsp3) is 0.455. The lowest BCUT2D eigenvalue weighted by molar-refractivity contribution is 0.0765. The van der Waals surface area contributed by atoms with Gasteiger partial charge in [-0.1, -0.05) is 6.92 Å². The third-order valence-electron chi connectivity index (χ3n) is 2.17. The molecule has 0 aliphatic heterocycles. The highest BCUT2D eigenvalue weighted by atomic mass is 35.5. The fourth-order valence-corrected chi connectivity index (χ4v) is 1.62. The van der Waals surface area contributed by atoms with Crippen molar-refractivity contribution in [3.63, 3.8) is 0 Å². The van der Waals surface area contributed by atoms with Gasteiger partial charge in [0.15, 0.2) is 0 Å². The molecule has 0 aliphatic carbocycles. The van der Waals surface area contributed by atoms with Crippen LogP contribution >= 0.6 is 11.6 Å². The quantitative estimate of drug-likeness (QED) is 0.795. The van der Waals surface area contributed by atoms with Gasteiger partial charge in [0.25, 0.3) is 5.91 Å². The lowest BCUT2D eigenvalue weighted by atomic mass is 10.2. The van der Waals surface area contributed by atoms with Gasteiger partial charge in [0.05, 0.1) is 5.56 Å². The Bertz CT molecular complexity index is 377. The van der Waals surface area contributed by atoms with Crippen molar-refractivity contribution in [2.24, 2.45) is 0 Å². The van der Waals surface area contributed by atoms with E-state index in [2.05, 4.69) is 4.98 Å². The number of alkyl halides is 1. The molecule has 0 aliphatic rings. The number of aromatic nitrogens is 1. The minimum Gasteiger partial charge on any atom is -0.337 e. The van der Waals surface area contributed by atoms with Crippen LogP contribution in [0.3, 0.4) is 0 Å². The highest BCUT2D eigenvalue weighted by Gasteiger charge is 2.13. The molecule has 16 heavy (non-hydrogen) atoms. The number of halogens is 1. The molecule has 0 atom stereocenters. The Kier molecular flexibility index (Phi) is 5.05. The number of aromatic amines is 1. The second kappa shape index (κ2) is 6.33. The molecular formula is C11H15ClN2O2. The summed E-state index contributed by atoms with van der Waals surface area (Å²) in [5.74, 6) is 0.313. The number of H-pyrrole nitrogens is 1. The summed E-state index contributed by atoms with van der Waals surface area (Å²) in [6.07, 6.45) is 2.31. The van der Waals surface area contributed by atoms with E-state index in [9.17, 15) is 9.59 Å². The van der Waals surface area contributed by atoms with Crippen LogP contribution in [0, 0.1) is 0 Å². The predicted octanol–water partition coefficient (Wildman–Crippen LogP) is 1.47. The first-order chi connectivity index (χ1) is 7.69. The molecule has 0 fully saturated rings. The third-order valence-corrected chi connectivity index (χ3v) is 2.34. The molecular weight excluding hydrogens is 228 g/mol. The lowest BCUT2D eigenvalue weighted by Crippen LogP contribution is -2.33. The van der Waals surface area contributed by atoms with Gasteiger partial charge in [0.2, 0.25) is 5.56 Å².